The summed E-state index contributed by atoms with van der Waals surface area (Å²) in [5, 5.41) is 8.75. The Hall–Kier alpha value is -1.11. The normalized spacial score (nSPS) is 23.3. The maximum absolute atomic E-state index is 11.3. The molecule has 1 unspecified atom stereocenters. The zero-order valence-corrected chi connectivity index (χ0v) is 13.0. The standard InChI is InChI=1S/C15H23N3O2S/c16-21(19,20)15-8-6-13(7-9-15)18-10-2-1-3-14(18)11-17-12-4-5-12/h6-9,12,14,17H,1-5,10-11H2,(H2,16,19,20). The number of nitrogens with one attached hydrogen (secondary N) is 1. The molecule has 0 amide bonds. The summed E-state index contributed by atoms with van der Waals surface area (Å²) in [4.78, 5) is 2.57. The van der Waals surface area contributed by atoms with Crippen LogP contribution in [0.3, 0.4) is 0 Å². The molecule has 1 saturated carbocycles. The SMILES string of the molecule is NS(=O)(=O)c1ccc(N2CCCCC2CNC2CC2)cc1. The number of sulfonamides is 1. The van der Waals surface area contributed by atoms with E-state index in [1.165, 1.54) is 32.1 Å². The summed E-state index contributed by atoms with van der Waals surface area (Å²) in [6, 6.07) is 8.16. The fraction of sp³-hybridized carbons (Fsp3) is 0.600. The third kappa shape index (κ3) is 3.75. The summed E-state index contributed by atoms with van der Waals surface area (Å²) in [5.74, 6) is 0. The van der Waals surface area contributed by atoms with Crippen molar-refractivity contribution in [2.45, 2.75) is 49.1 Å². The molecule has 6 heteroatoms. The average molecular weight is 309 g/mol. The van der Waals surface area contributed by atoms with E-state index < -0.39 is 10.0 Å². The molecule has 21 heavy (non-hydrogen) atoms. The Balaban J connectivity index is 1.72. The third-order valence-electron chi connectivity index (χ3n) is 4.34. The second-order valence-corrected chi connectivity index (χ2v) is 7.63. The number of anilines is 1. The van der Waals surface area contributed by atoms with Crippen molar-refractivity contribution in [2.24, 2.45) is 5.14 Å². The summed E-state index contributed by atoms with van der Waals surface area (Å²) in [7, 11) is -3.61. The molecule has 1 atom stereocenters. The molecular formula is C15H23N3O2S. The summed E-state index contributed by atoms with van der Waals surface area (Å²) >= 11 is 0. The first-order valence-electron chi connectivity index (χ1n) is 7.67. The van der Waals surface area contributed by atoms with E-state index in [-0.39, 0.29) is 4.90 Å². The minimum Gasteiger partial charge on any atom is -0.367 e. The summed E-state index contributed by atoms with van der Waals surface area (Å²) < 4.78 is 22.6. The van der Waals surface area contributed by atoms with Crippen LogP contribution in [0.5, 0.6) is 0 Å². The molecule has 0 bridgehead atoms. The second kappa shape index (κ2) is 5.94. The first kappa shape index (κ1) is 14.8. The highest BCUT2D eigenvalue weighted by molar-refractivity contribution is 7.89. The Kier molecular flexibility index (Phi) is 4.19. The van der Waals surface area contributed by atoms with Gasteiger partial charge in [0.1, 0.15) is 0 Å². The molecule has 0 aromatic heterocycles. The molecule has 5 nitrogen and oxygen atoms in total. The number of primary sulfonamides is 1. The van der Waals surface area contributed by atoms with Crippen molar-refractivity contribution in [3.8, 4) is 0 Å². The highest BCUT2D eigenvalue weighted by atomic mass is 32.2. The van der Waals surface area contributed by atoms with Gasteiger partial charge in [0.25, 0.3) is 0 Å². The minimum absolute atomic E-state index is 0.177. The largest absolute Gasteiger partial charge is 0.367 e. The second-order valence-electron chi connectivity index (χ2n) is 6.06. The molecule has 3 rings (SSSR count). The maximum Gasteiger partial charge on any atom is 0.238 e. The number of nitrogens with two attached hydrogens (primary N) is 1. The minimum atomic E-state index is -3.61. The predicted molar refractivity (Wildman–Crippen MR) is 83.8 cm³/mol. The number of benzene rings is 1. The lowest BCUT2D eigenvalue weighted by Gasteiger charge is -2.38. The van der Waals surface area contributed by atoms with Gasteiger partial charge in [0.05, 0.1) is 4.90 Å². The first-order valence-corrected chi connectivity index (χ1v) is 9.21. The summed E-state index contributed by atoms with van der Waals surface area (Å²) in [6.07, 6.45) is 6.25. The van der Waals surface area contributed by atoms with E-state index in [0.717, 1.165) is 24.8 Å². The van der Waals surface area contributed by atoms with Crippen molar-refractivity contribution >= 4 is 15.7 Å². The molecule has 1 aliphatic heterocycles. The van der Waals surface area contributed by atoms with Crippen molar-refractivity contribution in [1.29, 1.82) is 0 Å². The van der Waals surface area contributed by atoms with Gasteiger partial charge in [-0.15, -0.1) is 0 Å². The van der Waals surface area contributed by atoms with Gasteiger partial charge in [0.15, 0.2) is 0 Å². The molecule has 0 spiro atoms. The van der Waals surface area contributed by atoms with Crippen LogP contribution in [0.4, 0.5) is 5.69 Å². The summed E-state index contributed by atoms with van der Waals surface area (Å²) in [6.45, 7) is 2.05. The van der Waals surface area contributed by atoms with Crippen LogP contribution in [0.1, 0.15) is 32.1 Å². The number of hydrogen-bond donors (Lipinski definition) is 2. The monoisotopic (exact) mass is 309 g/mol. The van der Waals surface area contributed by atoms with Crippen molar-refractivity contribution in [3.05, 3.63) is 24.3 Å². The highest BCUT2D eigenvalue weighted by Gasteiger charge is 2.26. The maximum atomic E-state index is 11.3. The van der Waals surface area contributed by atoms with E-state index in [1.807, 2.05) is 12.1 Å². The number of nitrogens with zero attached hydrogens (tertiary/aromatic N) is 1. The van der Waals surface area contributed by atoms with Crippen LogP contribution in [0.2, 0.25) is 0 Å². The average Bonchev–Trinajstić information content (AvgIpc) is 3.29. The fourth-order valence-electron chi connectivity index (χ4n) is 2.97. The van der Waals surface area contributed by atoms with Gasteiger partial charge in [-0.2, -0.15) is 0 Å². The number of piperidine rings is 1. The molecule has 1 aromatic carbocycles. The van der Waals surface area contributed by atoms with Gasteiger partial charge >= 0.3 is 0 Å². The van der Waals surface area contributed by atoms with Crippen LogP contribution in [0.25, 0.3) is 0 Å². The molecule has 3 N–H and O–H groups in total. The number of rotatable bonds is 5. The third-order valence-corrected chi connectivity index (χ3v) is 5.27. The van der Waals surface area contributed by atoms with Crippen molar-refractivity contribution < 1.29 is 8.42 Å². The van der Waals surface area contributed by atoms with Gasteiger partial charge in [-0.3, -0.25) is 0 Å². The molecule has 1 aliphatic carbocycles. The molecule has 116 valence electrons. The summed E-state index contributed by atoms with van der Waals surface area (Å²) in [5.41, 5.74) is 1.09. The van der Waals surface area contributed by atoms with Crippen LogP contribution in [-0.2, 0) is 10.0 Å². The van der Waals surface area contributed by atoms with E-state index in [0.29, 0.717) is 6.04 Å². The van der Waals surface area contributed by atoms with Gasteiger partial charge in [-0.05, 0) is 56.4 Å². The van der Waals surface area contributed by atoms with E-state index >= 15 is 0 Å². The van der Waals surface area contributed by atoms with Gasteiger partial charge in [-0.25, -0.2) is 13.6 Å². The van der Waals surface area contributed by atoms with Crippen LogP contribution in [-0.4, -0.2) is 33.6 Å². The fourth-order valence-corrected chi connectivity index (χ4v) is 3.49. The molecular weight excluding hydrogens is 286 g/mol. The zero-order valence-electron chi connectivity index (χ0n) is 12.2. The van der Waals surface area contributed by atoms with Crippen LogP contribution >= 0.6 is 0 Å². The lowest BCUT2D eigenvalue weighted by molar-refractivity contribution is 0.434. The Bertz CT molecular complexity index is 581. The highest BCUT2D eigenvalue weighted by Crippen LogP contribution is 2.26. The quantitative estimate of drug-likeness (QED) is 0.863. The van der Waals surface area contributed by atoms with Gasteiger partial charge in [0.2, 0.25) is 10.0 Å². The van der Waals surface area contributed by atoms with Crippen LogP contribution < -0.4 is 15.4 Å². The molecule has 2 aliphatic rings. The van der Waals surface area contributed by atoms with Gasteiger partial charge in [-0.1, -0.05) is 0 Å². The van der Waals surface area contributed by atoms with Crippen LogP contribution in [0.15, 0.2) is 29.2 Å². The predicted octanol–water partition coefficient (Wildman–Crippen LogP) is 1.44. The Morgan fingerprint density at radius 2 is 1.86 bits per heavy atom. The van der Waals surface area contributed by atoms with Crippen molar-refractivity contribution in [3.63, 3.8) is 0 Å². The van der Waals surface area contributed by atoms with E-state index in [9.17, 15) is 8.42 Å². The number of hydrogen-bond acceptors (Lipinski definition) is 4. The molecule has 1 aromatic rings. The van der Waals surface area contributed by atoms with Crippen molar-refractivity contribution in [1.82, 2.24) is 5.32 Å². The van der Waals surface area contributed by atoms with Gasteiger partial charge < -0.3 is 10.2 Å². The lowest BCUT2D eigenvalue weighted by Crippen LogP contribution is -2.46. The molecule has 1 heterocycles. The van der Waals surface area contributed by atoms with E-state index in [1.54, 1.807) is 12.1 Å². The molecule has 2 fully saturated rings. The Morgan fingerprint density at radius 3 is 2.48 bits per heavy atom. The van der Waals surface area contributed by atoms with E-state index in [4.69, 9.17) is 5.14 Å². The smallest absolute Gasteiger partial charge is 0.238 e. The zero-order chi connectivity index (χ0) is 14.9. The topological polar surface area (TPSA) is 75.4 Å². The lowest BCUT2D eigenvalue weighted by atomic mass is 10.0. The Labute approximate surface area is 126 Å². The Morgan fingerprint density at radius 1 is 1.14 bits per heavy atom. The molecule has 0 radical (unpaired) electrons. The van der Waals surface area contributed by atoms with Crippen molar-refractivity contribution in [2.75, 3.05) is 18.0 Å². The van der Waals surface area contributed by atoms with Gasteiger partial charge in [0, 0.05) is 30.9 Å². The first-order chi connectivity index (χ1) is 10.0. The van der Waals surface area contributed by atoms with Crippen LogP contribution in [0, 0.1) is 0 Å². The molecule has 1 saturated heterocycles. The van der Waals surface area contributed by atoms with E-state index in [2.05, 4.69) is 10.2 Å².